The van der Waals surface area contributed by atoms with E-state index in [1.54, 1.807) is 23.1 Å². The maximum atomic E-state index is 11.6. The molecule has 134 valence electrons. The molecule has 1 atom stereocenters. The summed E-state index contributed by atoms with van der Waals surface area (Å²) in [5.74, 6) is 1.40. The quantitative estimate of drug-likeness (QED) is 0.854. The molecule has 0 spiro atoms. The molecule has 0 fully saturated rings. The lowest BCUT2D eigenvalue weighted by molar-refractivity contribution is 0.270. The molecule has 2 rings (SSSR count). The van der Waals surface area contributed by atoms with Crippen molar-refractivity contribution in [1.82, 2.24) is 9.78 Å². The van der Waals surface area contributed by atoms with Gasteiger partial charge in [-0.1, -0.05) is 13.8 Å². The summed E-state index contributed by atoms with van der Waals surface area (Å²) in [5.41, 5.74) is 3.50. The average Bonchev–Trinajstić information content (AvgIpc) is 2.83. The van der Waals surface area contributed by atoms with Gasteiger partial charge in [0.05, 0.1) is 23.9 Å². The smallest absolute Gasteiger partial charge is 0.174 e. The zero-order chi connectivity index (χ0) is 18.7. The van der Waals surface area contributed by atoms with E-state index in [-0.39, 0.29) is 18.4 Å². The molecule has 1 aromatic heterocycles. The lowest BCUT2D eigenvalue weighted by Crippen LogP contribution is -2.10. The fourth-order valence-corrected chi connectivity index (χ4v) is 3.37. The Balaban J connectivity index is 2.53. The molecule has 0 aliphatic heterocycles. The molecule has 0 aliphatic rings. The minimum Gasteiger partial charge on any atom is -0.453 e. The molecule has 0 amide bonds. The summed E-state index contributed by atoms with van der Waals surface area (Å²) in [4.78, 5) is 0. The second-order valence-electron chi connectivity index (χ2n) is 6.32. The van der Waals surface area contributed by atoms with E-state index in [1.165, 1.54) is 0 Å². The van der Waals surface area contributed by atoms with Gasteiger partial charge in [-0.2, -0.15) is 10.4 Å². The number of nitrogens with zero attached hydrogens (tertiary/aromatic N) is 3. The van der Waals surface area contributed by atoms with Crippen molar-refractivity contribution in [2.75, 3.05) is 6.26 Å². The number of rotatable bonds is 6. The van der Waals surface area contributed by atoms with Crippen LogP contribution in [-0.4, -0.2) is 25.4 Å². The number of ether oxygens (including phenoxy) is 1. The van der Waals surface area contributed by atoms with Crippen molar-refractivity contribution < 1.29 is 14.1 Å². The van der Waals surface area contributed by atoms with Crippen LogP contribution in [0, 0.1) is 25.2 Å². The van der Waals surface area contributed by atoms with E-state index >= 15 is 0 Å². The Morgan fingerprint density at radius 3 is 2.40 bits per heavy atom. The van der Waals surface area contributed by atoms with Crippen molar-refractivity contribution >= 4 is 10.8 Å². The number of benzene rings is 1. The standard InChI is InChI=1S/C18H23N3O3S/c1-11(2)17-18(16(9-22)20-21(17)10-25(5)23)24-14-6-12(3)15(8-19)13(4)7-14/h6-7,11,22H,9-10H2,1-5H3. The number of aryl methyl sites for hydroxylation is 2. The number of hydrogen-bond acceptors (Lipinski definition) is 5. The SMILES string of the molecule is Cc1cc(Oc2c(CO)nn(CS(C)=O)c2C(C)C)cc(C)c1C#N. The van der Waals surface area contributed by atoms with Gasteiger partial charge in [-0.3, -0.25) is 8.89 Å². The van der Waals surface area contributed by atoms with Crippen molar-refractivity contribution in [3.05, 3.63) is 40.2 Å². The van der Waals surface area contributed by atoms with E-state index in [0.29, 0.717) is 22.8 Å². The Bertz CT molecular complexity index is 827. The molecule has 1 heterocycles. The van der Waals surface area contributed by atoms with Crippen molar-refractivity contribution in [2.24, 2.45) is 0 Å². The van der Waals surface area contributed by atoms with Gasteiger partial charge in [0.1, 0.15) is 17.3 Å². The Kier molecular flexibility index (Phi) is 5.98. The highest BCUT2D eigenvalue weighted by molar-refractivity contribution is 7.83. The first-order chi connectivity index (χ1) is 11.8. The van der Waals surface area contributed by atoms with Gasteiger partial charge in [0.15, 0.2) is 5.75 Å². The fraction of sp³-hybridized carbons (Fsp3) is 0.444. The van der Waals surface area contributed by atoms with E-state index < -0.39 is 10.8 Å². The summed E-state index contributed by atoms with van der Waals surface area (Å²) >= 11 is 0. The lowest BCUT2D eigenvalue weighted by Gasteiger charge is -2.14. The molecule has 25 heavy (non-hydrogen) atoms. The van der Waals surface area contributed by atoms with Gasteiger partial charge in [-0.05, 0) is 43.0 Å². The molecule has 1 N–H and O–H groups in total. The molecule has 1 aromatic carbocycles. The van der Waals surface area contributed by atoms with Crippen LogP contribution in [0.25, 0.3) is 0 Å². The van der Waals surface area contributed by atoms with Gasteiger partial charge in [0, 0.05) is 17.1 Å². The highest BCUT2D eigenvalue weighted by Crippen LogP contribution is 2.35. The van der Waals surface area contributed by atoms with Gasteiger partial charge in [0.2, 0.25) is 0 Å². The van der Waals surface area contributed by atoms with Crippen LogP contribution >= 0.6 is 0 Å². The Labute approximate surface area is 150 Å². The highest BCUT2D eigenvalue weighted by Gasteiger charge is 2.23. The molecule has 1 unspecified atom stereocenters. The number of aliphatic hydroxyl groups is 1. The minimum absolute atomic E-state index is 0.0759. The van der Waals surface area contributed by atoms with Crippen LogP contribution in [0.3, 0.4) is 0 Å². The zero-order valence-corrected chi connectivity index (χ0v) is 16.0. The molecule has 0 saturated carbocycles. The summed E-state index contributed by atoms with van der Waals surface area (Å²) in [6.45, 7) is 7.44. The number of nitriles is 1. The van der Waals surface area contributed by atoms with Gasteiger partial charge in [-0.15, -0.1) is 0 Å². The summed E-state index contributed by atoms with van der Waals surface area (Å²) < 4.78 is 19.3. The van der Waals surface area contributed by atoms with E-state index in [1.807, 2.05) is 27.7 Å². The molecular formula is C18H23N3O3S. The maximum absolute atomic E-state index is 11.6. The second-order valence-corrected chi connectivity index (χ2v) is 7.73. The van der Waals surface area contributed by atoms with E-state index in [4.69, 9.17) is 4.74 Å². The first-order valence-electron chi connectivity index (χ1n) is 7.98. The molecular weight excluding hydrogens is 338 g/mol. The van der Waals surface area contributed by atoms with E-state index in [9.17, 15) is 14.6 Å². The van der Waals surface area contributed by atoms with Crippen LogP contribution in [0.2, 0.25) is 0 Å². The number of aromatic nitrogens is 2. The first kappa shape index (κ1) is 19.2. The Hall–Kier alpha value is -2.17. The maximum Gasteiger partial charge on any atom is 0.174 e. The van der Waals surface area contributed by atoms with Crippen LogP contribution in [0.1, 0.15) is 47.8 Å². The largest absolute Gasteiger partial charge is 0.453 e. The Morgan fingerprint density at radius 2 is 1.96 bits per heavy atom. The Morgan fingerprint density at radius 1 is 1.36 bits per heavy atom. The molecule has 0 radical (unpaired) electrons. The molecule has 0 aliphatic carbocycles. The average molecular weight is 361 g/mol. The van der Waals surface area contributed by atoms with Crippen molar-refractivity contribution in [3.8, 4) is 17.6 Å². The first-order valence-corrected chi connectivity index (χ1v) is 9.70. The van der Waals surface area contributed by atoms with Crippen LogP contribution in [0.4, 0.5) is 0 Å². The summed E-state index contributed by atoms with van der Waals surface area (Å²) in [7, 11) is -1.07. The van der Waals surface area contributed by atoms with Crippen molar-refractivity contribution in [3.63, 3.8) is 0 Å². The summed E-state index contributed by atoms with van der Waals surface area (Å²) in [5, 5.41) is 23.2. The molecule has 2 aromatic rings. The van der Waals surface area contributed by atoms with Crippen LogP contribution in [0.5, 0.6) is 11.5 Å². The lowest BCUT2D eigenvalue weighted by atomic mass is 10.0. The monoisotopic (exact) mass is 361 g/mol. The van der Waals surface area contributed by atoms with Crippen LogP contribution in [0.15, 0.2) is 12.1 Å². The topological polar surface area (TPSA) is 88.1 Å². The van der Waals surface area contributed by atoms with Crippen molar-refractivity contribution in [1.29, 1.82) is 5.26 Å². The third kappa shape index (κ3) is 4.09. The summed E-state index contributed by atoms with van der Waals surface area (Å²) in [6.07, 6.45) is 1.61. The predicted molar refractivity (Wildman–Crippen MR) is 97.0 cm³/mol. The van der Waals surface area contributed by atoms with Crippen molar-refractivity contribution in [2.45, 2.75) is 46.1 Å². The number of hydrogen-bond donors (Lipinski definition) is 1. The molecule has 7 heteroatoms. The predicted octanol–water partition coefficient (Wildman–Crippen LogP) is 3.12. The van der Waals surface area contributed by atoms with Gasteiger partial charge >= 0.3 is 0 Å². The van der Waals surface area contributed by atoms with Crippen LogP contribution < -0.4 is 4.74 Å². The van der Waals surface area contributed by atoms with Crippen LogP contribution in [-0.2, 0) is 23.3 Å². The van der Waals surface area contributed by atoms with Gasteiger partial charge < -0.3 is 9.84 Å². The minimum atomic E-state index is -1.07. The van der Waals surface area contributed by atoms with E-state index in [0.717, 1.165) is 16.8 Å². The molecule has 0 saturated heterocycles. The fourth-order valence-electron chi connectivity index (χ4n) is 2.83. The molecule has 0 bridgehead atoms. The zero-order valence-electron chi connectivity index (χ0n) is 15.2. The third-order valence-corrected chi connectivity index (χ3v) is 4.46. The summed E-state index contributed by atoms with van der Waals surface area (Å²) in [6, 6.07) is 5.78. The molecule has 6 nitrogen and oxygen atoms in total. The number of aliphatic hydroxyl groups excluding tert-OH is 1. The second kappa shape index (κ2) is 7.81. The van der Waals surface area contributed by atoms with Gasteiger partial charge in [0.25, 0.3) is 0 Å². The highest BCUT2D eigenvalue weighted by atomic mass is 32.2. The third-order valence-electron chi connectivity index (χ3n) is 3.85. The van der Waals surface area contributed by atoms with Gasteiger partial charge in [-0.25, -0.2) is 0 Å². The normalized spacial score (nSPS) is 12.2. The van der Waals surface area contributed by atoms with E-state index in [2.05, 4.69) is 11.2 Å².